The fraction of sp³-hybridized carbons (Fsp3) is 0.750. The molecule has 15 heavy (non-hydrogen) atoms. The van der Waals surface area contributed by atoms with Crippen molar-refractivity contribution in [3.05, 3.63) is 0 Å². The first kappa shape index (κ1) is 13.9. The van der Waals surface area contributed by atoms with E-state index < -0.39 is 27.5 Å². The summed E-state index contributed by atoms with van der Waals surface area (Å²) < 4.78 is 26.2. The molecule has 0 radical (unpaired) electrons. The van der Waals surface area contributed by atoms with Crippen LogP contribution < -0.4 is 0 Å². The van der Waals surface area contributed by atoms with E-state index in [4.69, 9.17) is 0 Å². The van der Waals surface area contributed by atoms with Gasteiger partial charge in [-0.25, -0.2) is 8.42 Å². The SMILES string of the molecule is CCOC(=O)CN(C)C(=O)CS(C)(=O)=O. The number of rotatable bonds is 5. The van der Waals surface area contributed by atoms with Crippen LogP contribution in [0.3, 0.4) is 0 Å². The van der Waals surface area contributed by atoms with E-state index in [1.165, 1.54) is 7.05 Å². The molecule has 0 saturated heterocycles. The molecule has 0 heterocycles. The van der Waals surface area contributed by atoms with Crippen molar-refractivity contribution < 1.29 is 22.7 Å². The topological polar surface area (TPSA) is 80.8 Å². The van der Waals surface area contributed by atoms with Gasteiger partial charge in [-0.2, -0.15) is 0 Å². The minimum absolute atomic E-state index is 0.229. The molecule has 0 aromatic heterocycles. The Kier molecular flexibility index (Phi) is 5.27. The molecular formula is C8H15NO5S. The smallest absolute Gasteiger partial charge is 0.325 e. The maximum absolute atomic E-state index is 11.2. The Hall–Kier alpha value is -1.11. The van der Waals surface area contributed by atoms with Crippen molar-refractivity contribution >= 4 is 21.7 Å². The van der Waals surface area contributed by atoms with Gasteiger partial charge < -0.3 is 9.64 Å². The highest BCUT2D eigenvalue weighted by atomic mass is 32.2. The summed E-state index contributed by atoms with van der Waals surface area (Å²) in [5.74, 6) is -1.77. The molecular weight excluding hydrogens is 222 g/mol. The quantitative estimate of drug-likeness (QED) is 0.576. The molecule has 0 aliphatic heterocycles. The van der Waals surface area contributed by atoms with Crippen molar-refractivity contribution in [1.29, 1.82) is 0 Å². The molecule has 0 aromatic rings. The molecule has 0 aromatic carbocycles. The molecule has 0 unspecified atom stereocenters. The summed E-state index contributed by atoms with van der Waals surface area (Å²) in [6, 6.07) is 0. The average Bonchev–Trinajstić information content (AvgIpc) is 2.00. The summed E-state index contributed by atoms with van der Waals surface area (Å²) in [7, 11) is -2.01. The number of sulfone groups is 1. The molecule has 0 atom stereocenters. The van der Waals surface area contributed by atoms with E-state index in [9.17, 15) is 18.0 Å². The van der Waals surface area contributed by atoms with Gasteiger partial charge in [-0.15, -0.1) is 0 Å². The van der Waals surface area contributed by atoms with E-state index in [1.807, 2.05) is 0 Å². The molecule has 7 heteroatoms. The third-order valence-corrected chi connectivity index (χ3v) is 2.25. The predicted octanol–water partition coefficient (Wildman–Crippen LogP) is -0.947. The zero-order chi connectivity index (χ0) is 12.1. The van der Waals surface area contributed by atoms with Crippen LogP contribution in [-0.4, -0.2) is 57.4 Å². The summed E-state index contributed by atoms with van der Waals surface area (Å²) >= 11 is 0. The zero-order valence-corrected chi connectivity index (χ0v) is 9.83. The summed E-state index contributed by atoms with van der Waals surface area (Å²) in [5.41, 5.74) is 0. The van der Waals surface area contributed by atoms with Gasteiger partial charge in [-0.3, -0.25) is 9.59 Å². The molecule has 0 aliphatic carbocycles. The molecule has 6 nitrogen and oxygen atoms in total. The van der Waals surface area contributed by atoms with E-state index in [1.54, 1.807) is 6.92 Å². The van der Waals surface area contributed by atoms with Crippen molar-refractivity contribution in [2.75, 3.05) is 32.2 Å². The van der Waals surface area contributed by atoms with Gasteiger partial charge >= 0.3 is 5.97 Å². The van der Waals surface area contributed by atoms with Crippen LogP contribution in [0.1, 0.15) is 6.92 Å². The number of hydrogen-bond donors (Lipinski definition) is 0. The van der Waals surface area contributed by atoms with Crippen LogP contribution >= 0.6 is 0 Å². The van der Waals surface area contributed by atoms with Crippen molar-refractivity contribution in [3.63, 3.8) is 0 Å². The highest BCUT2D eigenvalue weighted by Crippen LogP contribution is 1.92. The fourth-order valence-electron chi connectivity index (χ4n) is 0.823. The molecule has 0 N–H and O–H groups in total. The molecule has 0 bridgehead atoms. The second-order valence-corrected chi connectivity index (χ2v) is 5.27. The first-order valence-corrected chi connectivity index (χ1v) is 6.39. The number of hydrogen-bond acceptors (Lipinski definition) is 5. The number of carbonyl (C=O) groups is 2. The average molecular weight is 237 g/mol. The highest BCUT2D eigenvalue weighted by molar-refractivity contribution is 7.91. The van der Waals surface area contributed by atoms with Crippen LogP contribution in [0, 0.1) is 0 Å². The minimum Gasteiger partial charge on any atom is -0.465 e. The normalized spacial score (nSPS) is 10.9. The van der Waals surface area contributed by atoms with Crippen molar-refractivity contribution in [3.8, 4) is 0 Å². The molecule has 0 aliphatic rings. The predicted molar refractivity (Wildman–Crippen MR) is 54.0 cm³/mol. The van der Waals surface area contributed by atoms with Crippen LogP contribution in [0.25, 0.3) is 0 Å². The Morgan fingerprint density at radius 2 is 1.87 bits per heavy atom. The van der Waals surface area contributed by atoms with Gasteiger partial charge in [-0.1, -0.05) is 0 Å². The Balaban J connectivity index is 4.17. The summed E-state index contributed by atoms with van der Waals surface area (Å²) in [5, 5.41) is 0. The lowest BCUT2D eigenvalue weighted by atomic mass is 10.5. The third kappa shape index (κ3) is 6.89. The monoisotopic (exact) mass is 237 g/mol. The number of nitrogens with zero attached hydrogens (tertiary/aromatic N) is 1. The summed E-state index contributed by atoms with van der Waals surface area (Å²) in [6.07, 6.45) is 0.961. The molecule has 0 spiro atoms. The minimum atomic E-state index is -3.36. The van der Waals surface area contributed by atoms with E-state index in [-0.39, 0.29) is 13.2 Å². The number of amides is 1. The number of esters is 1. The van der Waals surface area contributed by atoms with Crippen LogP contribution in [0.5, 0.6) is 0 Å². The third-order valence-electron chi connectivity index (χ3n) is 1.48. The lowest BCUT2D eigenvalue weighted by Crippen LogP contribution is -2.36. The maximum atomic E-state index is 11.2. The molecule has 0 saturated carbocycles. The van der Waals surface area contributed by atoms with Gasteiger partial charge in [0.1, 0.15) is 12.3 Å². The number of ether oxygens (including phenoxy) is 1. The van der Waals surface area contributed by atoms with Gasteiger partial charge in [0.2, 0.25) is 5.91 Å². The van der Waals surface area contributed by atoms with Crippen LogP contribution in [-0.2, 0) is 24.2 Å². The van der Waals surface area contributed by atoms with Crippen LogP contribution in [0.2, 0.25) is 0 Å². The molecule has 1 amide bonds. The van der Waals surface area contributed by atoms with Gasteiger partial charge in [0.05, 0.1) is 6.61 Å². The van der Waals surface area contributed by atoms with Crippen molar-refractivity contribution in [2.24, 2.45) is 0 Å². The second-order valence-electron chi connectivity index (χ2n) is 3.12. The van der Waals surface area contributed by atoms with E-state index >= 15 is 0 Å². The largest absolute Gasteiger partial charge is 0.465 e. The van der Waals surface area contributed by atoms with Crippen molar-refractivity contribution in [1.82, 2.24) is 4.90 Å². The first-order chi connectivity index (χ1) is 6.76. The van der Waals surface area contributed by atoms with Gasteiger partial charge in [0.15, 0.2) is 9.84 Å². The maximum Gasteiger partial charge on any atom is 0.325 e. The zero-order valence-electron chi connectivity index (χ0n) is 9.02. The van der Waals surface area contributed by atoms with E-state index in [2.05, 4.69) is 4.74 Å². The molecule has 0 fully saturated rings. The standard InChI is InChI=1S/C8H15NO5S/c1-4-14-8(11)5-9(2)7(10)6-15(3,12)13/h4-6H2,1-3H3. The van der Waals surface area contributed by atoms with Crippen LogP contribution in [0.15, 0.2) is 0 Å². The Labute approximate surface area is 89.1 Å². The summed E-state index contributed by atoms with van der Waals surface area (Å²) in [4.78, 5) is 23.2. The van der Waals surface area contributed by atoms with Gasteiger partial charge in [-0.05, 0) is 6.92 Å². The van der Waals surface area contributed by atoms with E-state index in [0.717, 1.165) is 11.2 Å². The Bertz CT molecular complexity index is 335. The number of carbonyl (C=O) groups excluding carboxylic acids is 2. The highest BCUT2D eigenvalue weighted by Gasteiger charge is 2.17. The van der Waals surface area contributed by atoms with Gasteiger partial charge in [0, 0.05) is 13.3 Å². The Morgan fingerprint density at radius 1 is 1.33 bits per heavy atom. The first-order valence-electron chi connectivity index (χ1n) is 4.33. The summed E-state index contributed by atoms with van der Waals surface area (Å²) in [6.45, 7) is 1.64. The fourth-order valence-corrected chi connectivity index (χ4v) is 1.49. The lowest BCUT2D eigenvalue weighted by Gasteiger charge is -2.15. The Morgan fingerprint density at radius 3 is 2.27 bits per heavy atom. The molecule has 0 rings (SSSR count). The van der Waals surface area contributed by atoms with Crippen LogP contribution in [0.4, 0.5) is 0 Å². The van der Waals surface area contributed by atoms with Gasteiger partial charge in [0.25, 0.3) is 0 Å². The van der Waals surface area contributed by atoms with E-state index in [0.29, 0.717) is 0 Å². The number of likely N-dealkylation sites (N-methyl/N-ethyl adjacent to an activating group) is 1. The molecule has 88 valence electrons. The van der Waals surface area contributed by atoms with Crippen molar-refractivity contribution in [2.45, 2.75) is 6.92 Å². The second kappa shape index (κ2) is 5.69. The lowest BCUT2D eigenvalue weighted by molar-refractivity contribution is -0.147.